The Labute approximate surface area is 258 Å². The summed E-state index contributed by atoms with van der Waals surface area (Å²) in [7, 11) is 0. The van der Waals surface area contributed by atoms with Crippen LogP contribution >= 0.6 is 0 Å². The summed E-state index contributed by atoms with van der Waals surface area (Å²) in [5, 5.41) is 4.01. The van der Waals surface area contributed by atoms with E-state index in [4.69, 9.17) is 9.26 Å². The highest BCUT2D eigenvalue weighted by atomic mass is 16.5. The molecule has 0 N–H and O–H groups in total. The summed E-state index contributed by atoms with van der Waals surface area (Å²) in [4.78, 5) is 34.4. The van der Waals surface area contributed by atoms with E-state index in [9.17, 15) is 9.59 Å². The van der Waals surface area contributed by atoms with Gasteiger partial charge in [0.2, 0.25) is 11.8 Å². The van der Waals surface area contributed by atoms with E-state index in [-0.39, 0.29) is 18.4 Å². The number of fused-ring (bicyclic) bond motifs is 1. The van der Waals surface area contributed by atoms with E-state index in [0.717, 1.165) is 41.9 Å². The van der Waals surface area contributed by atoms with E-state index in [1.54, 1.807) is 17.0 Å². The highest BCUT2D eigenvalue weighted by Crippen LogP contribution is 2.24. The number of ether oxygens (including phenoxy) is 1. The van der Waals surface area contributed by atoms with Crippen LogP contribution in [0.15, 0.2) is 95.5 Å². The zero-order chi connectivity index (χ0) is 30.3. The third kappa shape index (κ3) is 7.09. The molecule has 3 heterocycles. The molecule has 8 nitrogen and oxygen atoms in total. The summed E-state index contributed by atoms with van der Waals surface area (Å²) in [6.45, 7) is 6.38. The summed E-state index contributed by atoms with van der Waals surface area (Å²) < 4.78 is 10.7. The quantitative estimate of drug-likeness (QED) is 0.254. The maximum atomic E-state index is 14.4. The van der Waals surface area contributed by atoms with Gasteiger partial charge in [-0.3, -0.25) is 9.59 Å². The van der Waals surface area contributed by atoms with Gasteiger partial charge in [0.1, 0.15) is 17.5 Å². The smallest absolute Gasteiger partial charge is 0.247 e. The summed E-state index contributed by atoms with van der Waals surface area (Å²) >= 11 is 0. The van der Waals surface area contributed by atoms with Crippen molar-refractivity contribution in [1.29, 1.82) is 0 Å². The molecule has 6 rings (SSSR count). The second kappa shape index (κ2) is 13.7. The molecule has 2 aliphatic rings. The molecule has 1 aromatic heterocycles. The Morgan fingerprint density at radius 2 is 1.64 bits per heavy atom. The number of carbonyl (C=O) groups is 2. The topological polar surface area (TPSA) is 79.1 Å². The van der Waals surface area contributed by atoms with Crippen LogP contribution in [0.5, 0.6) is 0 Å². The molecule has 1 fully saturated rings. The first-order chi connectivity index (χ1) is 21.5. The van der Waals surface area contributed by atoms with Crippen molar-refractivity contribution in [2.75, 3.05) is 37.7 Å². The number of amides is 2. The van der Waals surface area contributed by atoms with Crippen molar-refractivity contribution >= 4 is 23.6 Å². The number of rotatable bonds is 9. The molecule has 3 aromatic carbocycles. The van der Waals surface area contributed by atoms with Gasteiger partial charge in [0.05, 0.1) is 13.2 Å². The Balaban J connectivity index is 1.32. The molecule has 4 aromatic rings. The lowest BCUT2D eigenvalue weighted by molar-refractivity contribution is -0.144. The van der Waals surface area contributed by atoms with Crippen LogP contribution in [0.1, 0.15) is 33.7 Å². The van der Waals surface area contributed by atoms with Crippen molar-refractivity contribution in [2.45, 2.75) is 38.9 Å². The van der Waals surface area contributed by atoms with Crippen LogP contribution in [0.2, 0.25) is 0 Å². The minimum atomic E-state index is -0.697. The van der Waals surface area contributed by atoms with Gasteiger partial charge in [-0.2, -0.15) is 0 Å². The van der Waals surface area contributed by atoms with Crippen LogP contribution < -0.4 is 4.90 Å². The minimum absolute atomic E-state index is 0.0488. The second-order valence-corrected chi connectivity index (χ2v) is 11.4. The molecule has 1 atom stereocenters. The number of benzene rings is 3. The van der Waals surface area contributed by atoms with Gasteiger partial charge in [-0.05, 0) is 53.8 Å². The highest BCUT2D eigenvalue weighted by molar-refractivity contribution is 5.95. The van der Waals surface area contributed by atoms with Crippen LogP contribution in [0.4, 0.5) is 5.69 Å². The fourth-order valence-corrected chi connectivity index (χ4v) is 5.95. The predicted octanol–water partition coefficient (Wildman–Crippen LogP) is 5.06. The molecule has 2 amide bonds. The van der Waals surface area contributed by atoms with Crippen molar-refractivity contribution in [1.82, 2.24) is 15.0 Å². The largest absolute Gasteiger partial charge is 0.378 e. The normalized spacial score (nSPS) is 15.7. The molecule has 2 aliphatic heterocycles. The van der Waals surface area contributed by atoms with E-state index >= 15 is 0 Å². The fraction of sp³-hybridized carbons (Fsp3) is 0.306. The molecule has 0 aliphatic carbocycles. The summed E-state index contributed by atoms with van der Waals surface area (Å²) in [6, 6.07) is 27.6. The number of nitrogens with zero attached hydrogens (tertiary/aromatic N) is 4. The van der Waals surface area contributed by atoms with Gasteiger partial charge in [-0.15, -0.1) is 0 Å². The third-order valence-corrected chi connectivity index (χ3v) is 8.37. The molecule has 8 heteroatoms. The molecular formula is C36H38N4O4. The van der Waals surface area contributed by atoms with Crippen LogP contribution in [-0.2, 0) is 40.3 Å². The maximum absolute atomic E-state index is 14.4. The highest BCUT2D eigenvalue weighted by Gasteiger charge is 2.34. The third-order valence-electron chi connectivity index (χ3n) is 8.37. The van der Waals surface area contributed by atoms with E-state index in [0.29, 0.717) is 44.2 Å². The van der Waals surface area contributed by atoms with Gasteiger partial charge < -0.3 is 24.0 Å². The van der Waals surface area contributed by atoms with E-state index in [2.05, 4.69) is 46.5 Å². The first-order valence-corrected chi connectivity index (χ1v) is 15.3. The Kier molecular flexibility index (Phi) is 9.17. The lowest BCUT2D eigenvalue weighted by Gasteiger charge is -2.37. The van der Waals surface area contributed by atoms with E-state index in [1.807, 2.05) is 54.3 Å². The molecule has 0 radical (unpaired) electrons. The minimum Gasteiger partial charge on any atom is -0.378 e. The monoisotopic (exact) mass is 590 g/mol. The Morgan fingerprint density at radius 1 is 0.909 bits per heavy atom. The van der Waals surface area contributed by atoms with Gasteiger partial charge in [0, 0.05) is 57.0 Å². The zero-order valence-corrected chi connectivity index (χ0v) is 25.1. The second-order valence-electron chi connectivity index (χ2n) is 11.4. The zero-order valence-electron chi connectivity index (χ0n) is 25.1. The van der Waals surface area contributed by atoms with Crippen molar-refractivity contribution in [3.8, 4) is 0 Å². The Morgan fingerprint density at radius 3 is 2.36 bits per heavy atom. The Bertz CT molecular complexity index is 1590. The van der Waals surface area contributed by atoms with E-state index in [1.165, 1.54) is 11.6 Å². The average Bonchev–Trinajstić information content (AvgIpc) is 3.50. The van der Waals surface area contributed by atoms with Crippen LogP contribution in [0.3, 0.4) is 0 Å². The number of aryl methyl sites for hydroxylation is 1. The summed E-state index contributed by atoms with van der Waals surface area (Å²) in [5.74, 6) is 0.360. The van der Waals surface area contributed by atoms with Crippen LogP contribution in [0.25, 0.3) is 6.08 Å². The predicted molar refractivity (Wildman–Crippen MR) is 170 cm³/mol. The fourth-order valence-electron chi connectivity index (χ4n) is 5.95. The van der Waals surface area contributed by atoms with Gasteiger partial charge in [-0.1, -0.05) is 71.9 Å². The lowest BCUT2D eigenvalue weighted by atomic mass is 9.97. The molecule has 1 saturated heterocycles. The maximum Gasteiger partial charge on any atom is 0.247 e. The van der Waals surface area contributed by atoms with E-state index < -0.39 is 6.04 Å². The molecule has 0 spiro atoms. The van der Waals surface area contributed by atoms with Crippen molar-refractivity contribution in [3.63, 3.8) is 0 Å². The first kappa shape index (κ1) is 29.4. The van der Waals surface area contributed by atoms with Crippen molar-refractivity contribution in [2.24, 2.45) is 0 Å². The molecular weight excluding hydrogens is 552 g/mol. The Hall–Kier alpha value is -4.69. The number of anilines is 1. The average molecular weight is 591 g/mol. The standard InChI is InChI=1S/C36H38N4O4/c1-27-23-32(37-44-27)13-16-35(41)40(25-29-11-14-33(15-12-29)38-19-21-43-22-20-38)34(24-28-7-3-2-4-8-28)36(42)39-18-17-30-9-5-6-10-31(30)26-39/h2-16,23,34H,17-22,24-26H2,1H3/b16-13+/t34-/m0/s1. The van der Waals surface area contributed by atoms with Gasteiger partial charge in [0.15, 0.2) is 0 Å². The number of morpholine rings is 1. The van der Waals surface area contributed by atoms with Crippen LogP contribution in [-0.4, -0.2) is 65.7 Å². The summed E-state index contributed by atoms with van der Waals surface area (Å²) in [5.41, 5.74) is 6.07. The first-order valence-electron chi connectivity index (χ1n) is 15.3. The van der Waals surface area contributed by atoms with Crippen LogP contribution in [0, 0.1) is 6.92 Å². The molecule has 0 unspecified atom stereocenters. The number of hydrogen-bond donors (Lipinski definition) is 0. The van der Waals surface area contributed by atoms with Crippen molar-refractivity contribution in [3.05, 3.63) is 125 Å². The lowest BCUT2D eigenvalue weighted by Crippen LogP contribution is -2.52. The SMILES string of the molecule is Cc1cc(/C=C/C(=O)N(Cc2ccc(N3CCOCC3)cc2)[C@@H](Cc2ccccc2)C(=O)N2CCc3ccccc3C2)no1. The van der Waals surface area contributed by atoms with Gasteiger partial charge in [0.25, 0.3) is 0 Å². The number of aromatic nitrogens is 1. The molecule has 44 heavy (non-hydrogen) atoms. The molecule has 226 valence electrons. The number of carbonyl (C=O) groups excluding carboxylic acids is 2. The number of hydrogen-bond acceptors (Lipinski definition) is 6. The van der Waals surface area contributed by atoms with Gasteiger partial charge >= 0.3 is 0 Å². The summed E-state index contributed by atoms with van der Waals surface area (Å²) in [6.07, 6.45) is 4.35. The van der Waals surface area contributed by atoms with Crippen molar-refractivity contribution < 1.29 is 18.8 Å². The molecule has 0 bridgehead atoms. The van der Waals surface area contributed by atoms with Gasteiger partial charge in [-0.25, -0.2) is 0 Å². The molecule has 0 saturated carbocycles.